The Morgan fingerprint density at radius 3 is 2.37 bits per heavy atom. The van der Waals surface area contributed by atoms with E-state index >= 15 is 0 Å². The number of para-hydroxylation sites is 2. The van der Waals surface area contributed by atoms with Crippen molar-refractivity contribution >= 4 is 26.7 Å². The molecular weight excluding hydrogens is 534 g/mol. The molecule has 216 valence electrons. The summed E-state index contributed by atoms with van der Waals surface area (Å²) >= 11 is 0. The number of aromatic nitrogens is 2. The van der Waals surface area contributed by atoms with Crippen LogP contribution < -0.4 is 10.1 Å². The first-order chi connectivity index (χ1) is 19.9. The normalized spacial score (nSPS) is 15.6. The van der Waals surface area contributed by atoms with Crippen molar-refractivity contribution in [3.05, 3.63) is 89.7 Å². The molecule has 4 aromatic rings. The summed E-state index contributed by atoms with van der Waals surface area (Å²) < 4.78 is 33.8. The molecule has 1 N–H and O–H groups in total. The van der Waals surface area contributed by atoms with Gasteiger partial charge < -0.3 is 10.1 Å². The molecule has 1 aliphatic heterocycles. The number of unbranched alkanes of at least 4 members (excludes halogenated alkanes) is 1. The maximum absolute atomic E-state index is 13.4. The van der Waals surface area contributed by atoms with E-state index in [1.165, 1.54) is 5.56 Å². The van der Waals surface area contributed by atoms with E-state index in [1.54, 1.807) is 23.5 Å². The van der Waals surface area contributed by atoms with Gasteiger partial charge in [0.1, 0.15) is 17.4 Å². The summed E-state index contributed by atoms with van der Waals surface area (Å²) in [6, 6.07) is 23.2. The highest BCUT2D eigenvalue weighted by molar-refractivity contribution is 7.89. The van der Waals surface area contributed by atoms with Crippen molar-refractivity contribution in [2.24, 2.45) is 0 Å². The Morgan fingerprint density at radius 2 is 1.63 bits per heavy atom. The van der Waals surface area contributed by atoms with Crippen molar-refractivity contribution in [2.75, 3.05) is 38.6 Å². The Kier molecular flexibility index (Phi) is 9.17. The van der Waals surface area contributed by atoms with Gasteiger partial charge in [-0.25, -0.2) is 18.4 Å². The molecule has 1 saturated heterocycles. The number of sulfonamides is 1. The highest BCUT2D eigenvalue weighted by Crippen LogP contribution is 2.28. The van der Waals surface area contributed by atoms with Gasteiger partial charge in [0.15, 0.2) is 0 Å². The molecule has 1 fully saturated rings. The third-order valence-corrected chi connectivity index (χ3v) is 9.75. The van der Waals surface area contributed by atoms with Gasteiger partial charge >= 0.3 is 0 Å². The van der Waals surface area contributed by atoms with Gasteiger partial charge in [-0.15, -0.1) is 0 Å². The maximum Gasteiger partial charge on any atom is 0.243 e. The number of fused-ring (bicyclic) bond motifs is 1. The summed E-state index contributed by atoms with van der Waals surface area (Å²) in [6.45, 7) is 6.88. The minimum atomic E-state index is -3.53. The number of piperazine rings is 1. The number of nitrogens with zero attached hydrogens (tertiary/aromatic N) is 4. The van der Waals surface area contributed by atoms with Crippen LogP contribution in [0.1, 0.15) is 49.7 Å². The number of methoxy groups -OCH3 is 1. The molecule has 1 aliphatic rings. The second kappa shape index (κ2) is 13.0. The Labute approximate surface area is 243 Å². The monoisotopic (exact) mass is 573 g/mol. The summed E-state index contributed by atoms with van der Waals surface area (Å²) in [7, 11) is -1.86. The van der Waals surface area contributed by atoms with Gasteiger partial charge in [-0.1, -0.05) is 55.8 Å². The Balaban J connectivity index is 1.29. The van der Waals surface area contributed by atoms with Crippen LogP contribution >= 0.6 is 0 Å². The fourth-order valence-electron chi connectivity index (χ4n) is 5.30. The lowest BCUT2D eigenvalue weighted by atomic mass is 10.1. The minimum absolute atomic E-state index is 0.0749. The quantitative estimate of drug-likeness (QED) is 0.248. The van der Waals surface area contributed by atoms with Gasteiger partial charge in [-0.3, -0.25) is 4.90 Å². The molecule has 0 spiro atoms. The highest BCUT2D eigenvalue weighted by Gasteiger charge is 2.31. The zero-order valence-corrected chi connectivity index (χ0v) is 24.9. The molecule has 0 saturated carbocycles. The molecule has 3 aromatic carbocycles. The number of anilines is 1. The van der Waals surface area contributed by atoms with Crippen LogP contribution in [0.3, 0.4) is 0 Å². The molecule has 1 unspecified atom stereocenters. The van der Waals surface area contributed by atoms with Crippen LogP contribution in [0.25, 0.3) is 10.9 Å². The lowest BCUT2D eigenvalue weighted by Gasteiger charge is -2.37. The molecule has 8 nitrogen and oxygen atoms in total. The topological polar surface area (TPSA) is 87.7 Å². The molecule has 9 heteroatoms. The summed E-state index contributed by atoms with van der Waals surface area (Å²) in [5.41, 5.74) is 3.09. The van der Waals surface area contributed by atoms with E-state index < -0.39 is 10.0 Å². The largest absolute Gasteiger partial charge is 0.496 e. The lowest BCUT2D eigenvalue weighted by molar-refractivity contribution is 0.141. The molecule has 41 heavy (non-hydrogen) atoms. The van der Waals surface area contributed by atoms with Crippen LogP contribution in [0, 0.1) is 0 Å². The van der Waals surface area contributed by atoms with Crippen LogP contribution in [0.2, 0.25) is 0 Å². The van der Waals surface area contributed by atoms with E-state index in [9.17, 15) is 8.42 Å². The molecule has 0 aliphatic carbocycles. The van der Waals surface area contributed by atoms with E-state index in [0.29, 0.717) is 43.4 Å². The van der Waals surface area contributed by atoms with E-state index in [-0.39, 0.29) is 6.04 Å². The summed E-state index contributed by atoms with van der Waals surface area (Å²) in [4.78, 5) is 12.5. The van der Waals surface area contributed by atoms with Gasteiger partial charge in [0.25, 0.3) is 0 Å². The van der Waals surface area contributed by atoms with Crippen LogP contribution in [-0.4, -0.2) is 60.9 Å². The third kappa shape index (κ3) is 6.53. The number of hydrogen-bond acceptors (Lipinski definition) is 7. The molecule has 5 rings (SSSR count). The second-order valence-electron chi connectivity index (χ2n) is 10.5. The van der Waals surface area contributed by atoms with Gasteiger partial charge in [0.05, 0.1) is 23.6 Å². The fraction of sp³-hybridized carbons (Fsp3) is 0.375. The summed E-state index contributed by atoms with van der Waals surface area (Å²) in [6.07, 6.45) is 3.20. The van der Waals surface area contributed by atoms with Crippen molar-refractivity contribution in [1.82, 2.24) is 19.2 Å². The van der Waals surface area contributed by atoms with Crippen molar-refractivity contribution in [3.63, 3.8) is 0 Å². The van der Waals surface area contributed by atoms with E-state index in [4.69, 9.17) is 14.7 Å². The Morgan fingerprint density at radius 1 is 0.927 bits per heavy atom. The van der Waals surface area contributed by atoms with Gasteiger partial charge in [0.2, 0.25) is 10.0 Å². The standard InChI is InChI=1S/C32H39N5O3S/c1-4-5-10-25-15-17-27(18-16-25)41(38,39)37-21-19-36(20-22-37)24(2)31-34-29-13-8-7-12-28(29)32(35-31)33-23-26-11-6-9-14-30(26)40-3/h6-9,11-18,24H,4-5,10,19-23H2,1-3H3,(H,33,34,35). The number of rotatable bonds is 11. The Hall–Kier alpha value is -3.53. The van der Waals surface area contributed by atoms with E-state index in [1.807, 2.05) is 60.7 Å². The van der Waals surface area contributed by atoms with Crippen LogP contribution in [0.4, 0.5) is 5.82 Å². The first-order valence-electron chi connectivity index (χ1n) is 14.4. The minimum Gasteiger partial charge on any atom is -0.496 e. The molecule has 0 amide bonds. The third-order valence-electron chi connectivity index (χ3n) is 7.83. The lowest BCUT2D eigenvalue weighted by Crippen LogP contribution is -2.49. The van der Waals surface area contributed by atoms with Crippen LogP contribution in [-0.2, 0) is 23.0 Å². The number of nitrogens with one attached hydrogen (secondary N) is 1. The number of aryl methyl sites for hydroxylation is 1. The number of hydrogen-bond donors (Lipinski definition) is 1. The van der Waals surface area contributed by atoms with Gasteiger partial charge in [-0.2, -0.15) is 4.31 Å². The van der Waals surface area contributed by atoms with E-state index in [2.05, 4.69) is 24.1 Å². The summed E-state index contributed by atoms with van der Waals surface area (Å²) in [5, 5.41) is 4.45. The number of ether oxygens (including phenoxy) is 1. The first-order valence-corrected chi connectivity index (χ1v) is 15.8. The molecular formula is C32H39N5O3S. The maximum atomic E-state index is 13.4. The molecule has 2 heterocycles. The predicted octanol–water partition coefficient (Wildman–Crippen LogP) is 5.66. The smallest absolute Gasteiger partial charge is 0.243 e. The van der Waals surface area contributed by atoms with E-state index in [0.717, 1.165) is 47.3 Å². The highest BCUT2D eigenvalue weighted by atomic mass is 32.2. The zero-order valence-electron chi connectivity index (χ0n) is 24.1. The SMILES string of the molecule is CCCCc1ccc(S(=O)(=O)N2CCN(C(C)c3nc(NCc4ccccc4OC)c4ccccc4n3)CC2)cc1. The predicted molar refractivity (Wildman–Crippen MR) is 164 cm³/mol. The molecule has 1 aromatic heterocycles. The fourth-order valence-corrected chi connectivity index (χ4v) is 6.72. The number of benzene rings is 3. The molecule has 0 bridgehead atoms. The van der Waals surface area contributed by atoms with Crippen LogP contribution in [0.5, 0.6) is 5.75 Å². The van der Waals surface area contributed by atoms with Crippen molar-refractivity contribution < 1.29 is 13.2 Å². The summed E-state index contributed by atoms with van der Waals surface area (Å²) in [5.74, 6) is 2.31. The van der Waals surface area contributed by atoms with Gasteiger partial charge in [-0.05, 0) is 55.7 Å². The second-order valence-corrected chi connectivity index (χ2v) is 12.4. The molecule has 1 atom stereocenters. The average molecular weight is 574 g/mol. The molecule has 0 radical (unpaired) electrons. The van der Waals surface area contributed by atoms with Crippen molar-refractivity contribution in [2.45, 2.75) is 50.6 Å². The van der Waals surface area contributed by atoms with Crippen molar-refractivity contribution in [1.29, 1.82) is 0 Å². The first kappa shape index (κ1) is 29.0. The van der Waals surface area contributed by atoms with Crippen LogP contribution in [0.15, 0.2) is 77.7 Å². The Bertz CT molecular complexity index is 1570. The zero-order chi connectivity index (χ0) is 28.8. The van der Waals surface area contributed by atoms with Crippen molar-refractivity contribution in [3.8, 4) is 5.75 Å². The average Bonchev–Trinajstić information content (AvgIpc) is 3.02. The van der Waals surface area contributed by atoms with Gasteiger partial charge in [0, 0.05) is 43.7 Å².